The van der Waals surface area contributed by atoms with Crippen LogP contribution in [0.4, 0.5) is 0 Å². The molecule has 2 aliphatic carbocycles. The van der Waals surface area contributed by atoms with Crippen molar-refractivity contribution in [3.63, 3.8) is 0 Å². The highest BCUT2D eigenvalue weighted by Gasteiger charge is 2.33. The van der Waals surface area contributed by atoms with E-state index >= 15 is 0 Å². The predicted molar refractivity (Wildman–Crippen MR) is 260 cm³/mol. The highest BCUT2D eigenvalue weighted by molar-refractivity contribution is 6.09. The zero-order valence-electron chi connectivity index (χ0n) is 36.3. The molecule has 5 nitrogen and oxygen atoms in total. The number of ether oxygens (including phenoxy) is 2. The number of aromatic nitrogens is 1. The summed E-state index contributed by atoms with van der Waals surface area (Å²) in [6.45, 7) is 5.29. The van der Waals surface area contributed by atoms with Gasteiger partial charge in [0.2, 0.25) is 0 Å². The topological polar surface area (TPSA) is 63.9 Å². The third kappa shape index (κ3) is 6.87. The molecule has 1 fully saturated rings. The van der Waals surface area contributed by atoms with Crippen LogP contribution in [0.25, 0.3) is 60.9 Å². The molecule has 2 N–H and O–H groups in total. The maximum Gasteiger partial charge on any atom is 0.147 e. The van der Waals surface area contributed by atoms with Crippen LogP contribution < -0.4 is 9.47 Å². The molecule has 5 heteroatoms. The number of benzene rings is 8. The van der Waals surface area contributed by atoms with E-state index in [1.807, 2.05) is 42.5 Å². The van der Waals surface area contributed by atoms with Gasteiger partial charge in [0.25, 0.3) is 0 Å². The van der Waals surface area contributed by atoms with E-state index < -0.39 is 0 Å². The largest absolute Gasteiger partial charge is 0.507 e. The minimum absolute atomic E-state index is 0.0655. The number of phenolic OH excluding ortho intramolecular Hbond substituents is 2. The summed E-state index contributed by atoms with van der Waals surface area (Å²) in [4.78, 5) is 0. The molecular formula is C59H51NO4. The van der Waals surface area contributed by atoms with Crippen LogP contribution in [0.2, 0.25) is 0 Å². The number of aromatic hydroxyl groups is 2. The van der Waals surface area contributed by atoms with Crippen LogP contribution in [-0.2, 0) is 0 Å². The lowest BCUT2D eigenvalue weighted by atomic mass is 9.80. The molecule has 1 saturated carbocycles. The highest BCUT2D eigenvalue weighted by Crippen LogP contribution is 2.52. The van der Waals surface area contributed by atoms with Crippen molar-refractivity contribution in [2.24, 2.45) is 11.8 Å². The van der Waals surface area contributed by atoms with Crippen LogP contribution in [-0.4, -0.2) is 28.0 Å². The Bertz CT molecular complexity index is 3120. The highest BCUT2D eigenvalue weighted by atomic mass is 16.5. The molecule has 0 saturated heterocycles. The van der Waals surface area contributed by atoms with Gasteiger partial charge in [0.1, 0.15) is 23.0 Å². The SMILES string of the molecule is Cc1cc(-c2ccccc2OCC2CCCCC2COc2ccccc2-c2cc(C)cc(-n3c4ccccc4c4ccccc43)c2O)c(O)c(C2c3ccccc3-c3ccccc32)c1. The average molecular weight is 838 g/mol. The number of nitrogens with zero attached hydrogens (tertiary/aromatic N) is 1. The van der Waals surface area contributed by atoms with Crippen molar-refractivity contribution < 1.29 is 19.7 Å². The Morgan fingerprint density at radius 1 is 0.453 bits per heavy atom. The van der Waals surface area contributed by atoms with E-state index in [1.54, 1.807) is 0 Å². The molecule has 1 heterocycles. The summed E-state index contributed by atoms with van der Waals surface area (Å²) in [7, 11) is 0. The Hall–Kier alpha value is -7.24. The van der Waals surface area contributed by atoms with Gasteiger partial charge in [-0.1, -0.05) is 140 Å². The fourth-order valence-electron chi connectivity index (χ4n) is 10.8. The van der Waals surface area contributed by atoms with Crippen molar-refractivity contribution in [1.82, 2.24) is 4.57 Å². The molecule has 2 atom stereocenters. The van der Waals surface area contributed by atoms with E-state index in [0.717, 1.165) is 104 Å². The Labute approximate surface area is 374 Å². The monoisotopic (exact) mass is 837 g/mol. The minimum atomic E-state index is -0.0655. The number of rotatable bonds is 10. The summed E-state index contributed by atoms with van der Waals surface area (Å²) >= 11 is 0. The minimum Gasteiger partial charge on any atom is -0.507 e. The molecule has 0 aliphatic heterocycles. The second kappa shape index (κ2) is 16.5. The lowest BCUT2D eigenvalue weighted by Gasteiger charge is -2.32. The van der Waals surface area contributed by atoms with Gasteiger partial charge in [-0.3, -0.25) is 0 Å². The summed E-state index contributed by atoms with van der Waals surface area (Å²) < 4.78 is 15.8. The number of aryl methyl sites for hydroxylation is 2. The van der Waals surface area contributed by atoms with Gasteiger partial charge in [-0.2, -0.15) is 0 Å². The fraction of sp³-hybridized carbons (Fsp3) is 0.186. The fourth-order valence-corrected chi connectivity index (χ4v) is 10.8. The number of phenols is 2. The van der Waals surface area contributed by atoms with Crippen LogP contribution in [0.1, 0.15) is 59.4 Å². The Balaban J connectivity index is 0.858. The molecular weight excluding hydrogens is 787 g/mol. The lowest BCUT2D eigenvalue weighted by Crippen LogP contribution is -2.30. The molecule has 0 amide bonds. The molecule has 1 aromatic heterocycles. The summed E-state index contributed by atoms with van der Waals surface area (Å²) in [5.74, 6) is 2.55. The van der Waals surface area contributed by atoms with Gasteiger partial charge < -0.3 is 24.3 Å². The summed E-state index contributed by atoms with van der Waals surface area (Å²) in [5, 5.41) is 26.7. The third-order valence-corrected chi connectivity index (χ3v) is 13.8. The number of hydrogen-bond donors (Lipinski definition) is 2. The van der Waals surface area contributed by atoms with Crippen LogP contribution in [0.5, 0.6) is 23.0 Å². The third-order valence-electron chi connectivity index (χ3n) is 13.8. The van der Waals surface area contributed by atoms with Crippen LogP contribution in [0.15, 0.2) is 170 Å². The molecule has 0 spiro atoms. The molecule has 0 bridgehead atoms. The van der Waals surface area contributed by atoms with E-state index in [0.29, 0.717) is 19.0 Å². The molecule has 9 aromatic rings. The van der Waals surface area contributed by atoms with E-state index in [-0.39, 0.29) is 23.5 Å². The number of fused-ring (bicyclic) bond motifs is 6. The van der Waals surface area contributed by atoms with Gasteiger partial charge in [-0.15, -0.1) is 0 Å². The normalized spacial score (nSPS) is 15.9. The van der Waals surface area contributed by atoms with Crippen molar-refractivity contribution in [1.29, 1.82) is 0 Å². The second-order valence-corrected chi connectivity index (χ2v) is 17.8. The van der Waals surface area contributed by atoms with Crippen LogP contribution >= 0.6 is 0 Å². The van der Waals surface area contributed by atoms with Gasteiger partial charge in [0.05, 0.1) is 29.9 Å². The van der Waals surface area contributed by atoms with Crippen molar-refractivity contribution in [3.8, 4) is 62.1 Å². The predicted octanol–water partition coefficient (Wildman–Crippen LogP) is 14.6. The molecule has 64 heavy (non-hydrogen) atoms. The Morgan fingerprint density at radius 2 is 0.891 bits per heavy atom. The maximum absolute atomic E-state index is 12.2. The number of para-hydroxylation sites is 4. The van der Waals surface area contributed by atoms with Crippen molar-refractivity contribution >= 4 is 21.8 Å². The van der Waals surface area contributed by atoms with E-state index in [4.69, 9.17) is 9.47 Å². The summed E-state index contributed by atoms with van der Waals surface area (Å²) in [5.41, 5.74) is 14.1. The van der Waals surface area contributed by atoms with Gasteiger partial charge in [0.15, 0.2) is 0 Å². The quantitative estimate of drug-likeness (QED) is 0.144. The summed E-state index contributed by atoms with van der Waals surface area (Å²) in [6, 6.07) is 58.5. The Kier molecular flexibility index (Phi) is 10.2. The smallest absolute Gasteiger partial charge is 0.147 e. The molecule has 316 valence electrons. The van der Waals surface area contributed by atoms with Gasteiger partial charge in [-0.05, 0) is 114 Å². The number of hydrogen-bond acceptors (Lipinski definition) is 4. The molecule has 2 aliphatic rings. The second-order valence-electron chi connectivity index (χ2n) is 17.8. The maximum atomic E-state index is 12.2. The van der Waals surface area contributed by atoms with E-state index in [1.165, 1.54) is 22.3 Å². The zero-order chi connectivity index (χ0) is 43.3. The van der Waals surface area contributed by atoms with Crippen molar-refractivity contribution in [2.75, 3.05) is 13.2 Å². The standard InChI is InChI=1S/C59H51NO4/c1-37-31-49(58(61)51(33-37)57-47-25-7-5-19-41(47)42-20-6-8-26-48(42)57)45-23-11-15-29-55(45)63-35-39-17-3-4-18-40(39)36-64-56-30-16-12-24-46(56)50-32-38(2)34-54(59(50)62)60-52-27-13-9-21-43(52)44-22-10-14-28-53(44)60/h5-16,19-34,39-40,57,61-62H,3-4,17-18,35-36H2,1-2H3. The molecule has 8 aromatic carbocycles. The van der Waals surface area contributed by atoms with E-state index in [2.05, 4.69) is 146 Å². The van der Waals surface area contributed by atoms with Crippen LogP contribution in [0.3, 0.4) is 0 Å². The lowest BCUT2D eigenvalue weighted by molar-refractivity contribution is 0.105. The first kappa shape index (κ1) is 39.6. The molecule has 11 rings (SSSR count). The zero-order valence-corrected chi connectivity index (χ0v) is 36.3. The van der Waals surface area contributed by atoms with Crippen molar-refractivity contribution in [3.05, 3.63) is 198 Å². The first-order chi connectivity index (χ1) is 31.4. The van der Waals surface area contributed by atoms with E-state index in [9.17, 15) is 10.2 Å². The average Bonchev–Trinajstić information content (AvgIpc) is 3.85. The van der Waals surface area contributed by atoms with Gasteiger partial charge >= 0.3 is 0 Å². The first-order valence-electron chi connectivity index (χ1n) is 22.7. The van der Waals surface area contributed by atoms with Gasteiger partial charge in [-0.25, -0.2) is 0 Å². The van der Waals surface area contributed by atoms with Crippen molar-refractivity contribution in [2.45, 2.75) is 45.4 Å². The molecule has 2 unspecified atom stereocenters. The summed E-state index contributed by atoms with van der Waals surface area (Å²) in [6.07, 6.45) is 4.41. The Morgan fingerprint density at radius 3 is 1.44 bits per heavy atom. The van der Waals surface area contributed by atoms with Gasteiger partial charge in [0, 0.05) is 44.5 Å². The molecule has 0 radical (unpaired) electrons. The van der Waals surface area contributed by atoms with Crippen LogP contribution in [0, 0.1) is 25.7 Å². The first-order valence-corrected chi connectivity index (χ1v) is 22.7.